The van der Waals surface area contributed by atoms with Gasteiger partial charge in [-0.1, -0.05) is 29.8 Å². The van der Waals surface area contributed by atoms with Crippen LogP contribution >= 0.6 is 0 Å². The molecule has 0 unspecified atom stereocenters. The first-order valence-electron chi connectivity index (χ1n) is 10.6. The molecule has 0 spiro atoms. The molecule has 0 bridgehead atoms. The van der Waals surface area contributed by atoms with Crippen molar-refractivity contribution in [3.63, 3.8) is 0 Å². The second-order valence-electron chi connectivity index (χ2n) is 8.20. The zero-order valence-corrected chi connectivity index (χ0v) is 18.9. The third-order valence-electron chi connectivity index (χ3n) is 5.66. The highest BCUT2D eigenvalue weighted by Gasteiger charge is 2.19. The van der Waals surface area contributed by atoms with Crippen LogP contribution in [0.15, 0.2) is 70.2 Å². The maximum Gasteiger partial charge on any atom is 0.262 e. The van der Waals surface area contributed by atoms with Gasteiger partial charge in [-0.05, 0) is 55.3 Å². The molecule has 31 heavy (non-hydrogen) atoms. The van der Waals surface area contributed by atoms with Gasteiger partial charge in [0.05, 0.1) is 17.7 Å². The Morgan fingerprint density at radius 2 is 1.58 bits per heavy atom. The van der Waals surface area contributed by atoms with E-state index in [1.54, 1.807) is 12.3 Å². The maximum atomic E-state index is 12.7. The quantitative estimate of drug-likeness (QED) is 0.602. The Morgan fingerprint density at radius 3 is 2.19 bits per heavy atom. The number of aryl methyl sites for hydroxylation is 2. The lowest BCUT2D eigenvalue weighted by atomic mass is 10.2. The van der Waals surface area contributed by atoms with Gasteiger partial charge in [0.25, 0.3) is 10.0 Å². The van der Waals surface area contributed by atoms with E-state index in [1.165, 1.54) is 5.56 Å². The van der Waals surface area contributed by atoms with Gasteiger partial charge in [0.2, 0.25) is 0 Å². The summed E-state index contributed by atoms with van der Waals surface area (Å²) in [6.45, 7) is 9.51. The molecule has 0 amide bonds. The van der Waals surface area contributed by atoms with Gasteiger partial charge in [0.15, 0.2) is 0 Å². The molecule has 1 N–H and O–H groups in total. The van der Waals surface area contributed by atoms with Crippen LogP contribution in [0.5, 0.6) is 0 Å². The van der Waals surface area contributed by atoms with Crippen LogP contribution in [-0.2, 0) is 23.1 Å². The zero-order chi connectivity index (χ0) is 21.8. The van der Waals surface area contributed by atoms with E-state index < -0.39 is 10.0 Å². The van der Waals surface area contributed by atoms with E-state index in [0.29, 0.717) is 10.6 Å². The van der Waals surface area contributed by atoms with Gasteiger partial charge in [-0.2, -0.15) is 0 Å². The van der Waals surface area contributed by atoms with Gasteiger partial charge in [0.1, 0.15) is 5.76 Å². The lowest BCUT2D eigenvalue weighted by molar-refractivity contribution is 0.116. The topological polar surface area (TPSA) is 65.8 Å². The molecule has 1 aliphatic heterocycles. The second kappa shape index (κ2) is 9.26. The molecular formula is C24H29N3O3S. The average molecular weight is 440 g/mol. The minimum atomic E-state index is -3.60. The van der Waals surface area contributed by atoms with Crippen molar-refractivity contribution in [1.29, 1.82) is 0 Å². The first-order chi connectivity index (χ1) is 14.9. The van der Waals surface area contributed by atoms with Crippen molar-refractivity contribution in [3.05, 3.63) is 83.3 Å². The van der Waals surface area contributed by atoms with Gasteiger partial charge in [-0.3, -0.25) is 14.5 Å². The third-order valence-corrected chi connectivity index (χ3v) is 7.20. The molecule has 2 aromatic carbocycles. The smallest absolute Gasteiger partial charge is 0.262 e. The van der Waals surface area contributed by atoms with Crippen LogP contribution in [0, 0.1) is 13.8 Å². The molecule has 3 aromatic rings. The Hall–Kier alpha value is -2.61. The summed E-state index contributed by atoms with van der Waals surface area (Å²) in [7, 11) is -3.60. The first-order valence-corrected chi connectivity index (χ1v) is 12.0. The van der Waals surface area contributed by atoms with Crippen LogP contribution in [-0.4, -0.2) is 44.4 Å². The van der Waals surface area contributed by atoms with E-state index in [1.807, 2.05) is 62.4 Å². The highest BCUT2D eigenvalue weighted by atomic mass is 32.2. The molecule has 1 aromatic heterocycles. The van der Waals surface area contributed by atoms with Gasteiger partial charge in [0, 0.05) is 38.4 Å². The van der Waals surface area contributed by atoms with E-state index in [2.05, 4.69) is 14.5 Å². The monoisotopic (exact) mass is 439 g/mol. The number of piperazine rings is 1. The summed E-state index contributed by atoms with van der Waals surface area (Å²) >= 11 is 0. The zero-order valence-electron chi connectivity index (χ0n) is 18.0. The normalized spacial score (nSPS) is 15.8. The van der Waals surface area contributed by atoms with Crippen LogP contribution in [0.3, 0.4) is 0 Å². The molecule has 164 valence electrons. The van der Waals surface area contributed by atoms with E-state index in [4.69, 9.17) is 4.42 Å². The fourth-order valence-electron chi connectivity index (χ4n) is 3.98. The molecule has 1 saturated heterocycles. The lowest BCUT2D eigenvalue weighted by Gasteiger charge is -2.34. The number of furan rings is 1. The van der Waals surface area contributed by atoms with Crippen LogP contribution < -0.4 is 4.72 Å². The molecule has 7 heteroatoms. The minimum Gasteiger partial charge on any atom is -0.468 e. The summed E-state index contributed by atoms with van der Waals surface area (Å²) in [6, 6.07) is 17.0. The number of rotatable bonds is 7. The molecule has 0 aliphatic carbocycles. The molecule has 1 aliphatic rings. The molecule has 6 nitrogen and oxygen atoms in total. The van der Waals surface area contributed by atoms with Crippen LogP contribution in [0.1, 0.15) is 22.5 Å². The van der Waals surface area contributed by atoms with Crippen molar-refractivity contribution in [2.24, 2.45) is 0 Å². The Bertz CT molecular complexity index is 1100. The molecule has 2 heterocycles. The summed E-state index contributed by atoms with van der Waals surface area (Å²) in [5.41, 5.74) is 3.54. The van der Waals surface area contributed by atoms with Crippen molar-refractivity contribution in [2.45, 2.75) is 31.8 Å². The molecular weight excluding hydrogens is 410 g/mol. The highest BCUT2D eigenvalue weighted by Crippen LogP contribution is 2.21. The number of benzene rings is 2. The largest absolute Gasteiger partial charge is 0.468 e. The maximum absolute atomic E-state index is 12.7. The predicted molar refractivity (Wildman–Crippen MR) is 122 cm³/mol. The average Bonchev–Trinajstić information content (AvgIpc) is 3.23. The van der Waals surface area contributed by atoms with Crippen molar-refractivity contribution < 1.29 is 12.8 Å². The number of sulfonamides is 1. The number of anilines is 1. The van der Waals surface area contributed by atoms with Crippen LogP contribution in [0.2, 0.25) is 0 Å². The number of nitrogens with one attached hydrogen (secondary N) is 1. The van der Waals surface area contributed by atoms with Crippen molar-refractivity contribution in [1.82, 2.24) is 9.80 Å². The molecule has 0 radical (unpaired) electrons. The van der Waals surface area contributed by atoms with Crippen LogP contribution in [0.4, 0.5) is 5.69 Å². The Balaban J connectivity index is 1.31. The van der Waals surface area contributed by atoms with Crippen molar-refractivity contribution in [3.8, 4) is 0 Å². The summed E-state index contributed by atoms with van der Waals surface area (Å²) < 4.78 is 33.6. The predicted octanol–water partition coefficient (Wildman–Crippen LogP) is 4.02. The van der Waals surface area contributed by atoms with Gasteiger partial charge >= 0.3 is 0 Å². The van der Waals surface area contributed by atoms with Gasteiger partial charge in [-0.15, -0.1) is 0 Å². The molecule has 1 fully saturated rings. The molecule has 0 saturated carbocycles. The fraction of sp³-hybridized carbons (Fsp3) is 0.333. The highest BCUT2D eigenvalue weighted by molar-refractivity contribution is 7.92. The van der Waals surface area contributed by atoms with E-state index in [0.717, 1.165) is 56.2 Å². The summed E-state index contributed by atoms with van der Waals surface area (Å²) in [5, 5.41) is 0. The van der Waals surface area contributed by atoms with Gasteiger partial charge in [-0.25, -0.2) is 8.42 Å². The number of hydrogen-bond acceptors (Lipinski definition) is 5. The first kappa shape index (κ1) is 21.6. The molecule has 0 atom stereocenters. The fourth-order valence-corrected chi connectivity index (χ4v) is 5.26. The van der Waals surface area contributed by atoms with Crippen molar-refractivity contribution >= 4 is 15.7 Å². The Morgan fingerprint density at radius 1 is 0.903 bits per heavy atom. The van der Waals surface area contributed by atoms with Crippen molar-refractivity contribution in [2.75, 3.05) is 30.9 Å². The standard InChI is InChI=1S/C24H29N3O3S/c1-19-5-10-24(20(2)16-19)31(28,29)25-22-8-6-21(7-9-22)17-26-11-13-27(14-12-26)18-23-4-3-15-30-23/h3-10,15-16,25H,11-14,17-18H2,1-2H3. The third kappa shape index (κ3) is 5.55. The van der Waals surface area contributed by atoms with E-state index in [-0.39, 0.29) is 0 Å². The summed E-state index contributed by atoms with van der Waals surface area (Å²) in [5.74, 6) is 1.01. The Labute approximate surface area is 184 Å². The van der Waals surface area contributed by atoms with E-state index >= 15 is 0 Å². The van der Waals surface area contributed by atoms with Gasteiger partial charge < -0.3 is 4.42 Å². The number of nitrogens with zero attached hydrogens (tertiary/aromatic N) is 2. The summed E-state index contributed by atoms with van der Waals surface area (Å²) in [6.07, 6.45) is 1.72. The number of hydrogen-bond donors (Lipinski definition) is 1. The lowest BCUT2D eigenvalue weighted by Crippen LogP contribution is -2.45. The van der Waals surface area contributed by atoms with E-state index in [9.17, 15) is 8.42 Å². The molecule has 4 rings (SSSR count). The SMILES string of the molecule is Cc1ccc(S(=O)(=O)Nc2ccc(CN3CCN(Cc4ccco4)CC3)cc2)c(C)c1. The second-order valence-corrected chi connectivity index (χ2v) is 9.85. The minimum absolute atomic E-state index is 0.314. The summed E-state index contributed by atoms with van der Waals surface area (Å²) in [4.78, 5) is 5.14. The van der Waals surface area contributed by atoms with Crippen LogP contribution in [0.25, 0.3) is 0 Å². The Kier molecular flexibility index (Phi) is 6.46.